The molecule has 0 aromatic rings. The van der Waals surface area contributed by atoms with E-state index in [1.165, 1.54) is 0 Å². The predicted molar refractivity (Wildman–Crippen MR) is 41.4 cm³/mol. The first-order valence-corrected chi connectivity index (χ1v) is 2.86. The van der Waals surface area contributed by atoms with Gasteiger partial charge in [0.1, 0.15) is 0 Å². The fraction of sp³-hybridized carbons (Fsp3) is 0.375. The van der Waals surface area contributed by atoms with Crippen molar-refractivity contribution < 1.29 is 0 Å². The molecule has 0 aliphatic carbocycles. The highest BCUT2D eigenvalue weighted by atomic mass is 14.7. The molecule has 0 unspecified atom stereocenters. The molecule has 0 aromatic heterocycles. The predicted octanol–water partition coefficient (Wildman–Crippen LogP) is 2.00. The second-order valence-corrected chi connectivity index (χ2v) is 1.54. The lowest BCUT2D eigenvalue weighted by Gasteiger charge is -1.88. The van der Waals surface area contributed by atoms with E-state index in [1.807, 2.05) is 19.9 Å². The summed E-state index contributed by atoms with van der Waals surface area (Å²) < 4.78 is 0. The van der Waals surface area contributed by atoms with Gasteiger partial charge < -0.3 is 0 Å². The van der Waals surface area contributed by atoms with E-state index in [2.05, 4.69) is 23.6 Å². The van der Waals surface area contributed by atoms with Crippen LogP contribution in [0.25, 0.3) is 0 Å². The van der Waals surface area contributed by atoms with Gasteiger partial charge in [-0.2, -0.15) is 0 Å². The summed E-state index contributed by atoms with van der Waals surface area (Å²) in [4.78, 5) is 3.75. The molecule has 0 saturated carbocycles. The first kappa shape index (κ1) is 7.97. The molecule has 0 aromatic carbocycles. The SMILES string of the molecule is C=N/C(=C/C)CC#CC. The summed E-state index contributed by atoms with van der Waals surface area (Å²) >= 11 is 0. The molecule has 1 nitrogen and oxygen atoms in total. The highest BCUT2D eigenvalue weighted by Crippen LogP contribution is 1.98. The van der Waals surface area contributed by atoms with Crippen LogP contribution in [0.1, 0.15) is 20.3 Å². The Kier molecular flexibility index (Phi) is 4.53. The normalized spacial score (nSPS) is 9.78. The zero-order chi connectivity index (χ0) is 7.11. The Hall–Kier alpha value is -1.03. The molecule has 9 heavy (non-hydrogen) atoms. The van der Waals surface area contributed by atoms with Crippen LogP contribution in [0.4, 0.5) is 0 Å². The van der Waals surface area contributed by atoms with E-state index in [1.54, 1.807) is 0 Å². The minimum Gasteiger partial charge on any atom is -0.268 e. The number of nitrogens with zero attached hydrogens (tertiary/aromatic N) is 1. The van der Waals surface area contributed by atoms with Gasteiger partial charge in [-0.3, -0.25) is 4.99 Å². The number of hydrogen-bond acceptors (Lipinski definition) is 1. The van der Waals surface area contributed by atoms with Gasteiger partial charge in [0.05, 0.1) is 6.42 Å². The van der Waals surface area contributed by atoms with Crippen LogP contribution in [0.15, 0.2) is 16.8 Å². The number of allylic oxidation sites excluding steroid dienone is 2. The van der Waals surface area contributed by atoms with Crippen molar-refractivity contribution in [2.24, 2.45) is 4.99 Å². The molecule has 48 valence electrons. The molecule has 0 rings (SSSR count). The van der Waals surface area contributed by atoms with Gasteiger partial charge in [0, 0.05) is 5.70 Å². The molecule has 0 spiro atoms. The van der Waals surface area contributed by atoms with Crippen molar-refractivity contribution in [2.75, 3.05) is 0 Å². The first-order chi connectivity index (χ1) is 4.35. The van der Waals surface area contributed by atoms with Crippen LogP contribution in [0, 0.1) is 11.8 Å². The number of rotatable bonds is 2. The molecule has 0 heterocycles. The van der Waals surface area contributed by atoms with Crippen molar-refractivity contribution in [1.82, 2.24) is 0 Å². The van der Waals surface area contributed by atoms with Crippen molar-refractivity contribution in [3.63, 3.8) is 0 Å². The zero-order valence-electron chi connectivity index (χ0n) is 5.94. The van der Waals surface area contributed by atoms with Crippen LogP contribution in [0.5, 0.6) is 0 Å². The number of aliphatic imine (C=N–C) groups is 1. The van der Waals surface area contributed by atoms with E-state index >= 15 is 0 Å². The lowest BCUT2D eigenvalue weighted by atomic mass is 10.3. The molecule has 0 radical (unpaired) electrons. The fourth-order valence-electron chi connectivity index (χ4n) is 0.428. The Labute approximate surface area is 56.5 Å². The largest absolute Gasteiger partial charge is 0.268 e. The van der Waals surface area contributed by atoms with Crippen molar-refractivity contribution in [3.8, 4) is 11.8 Å². The topological polar surface area (TPSA) is 12.4 Å². The Morgan fingerprint density at radius 1 is 1.78 bits per heavy atom. The molecular formula is C8H11N. The van der Waals surface area contributed by atoms with E-state index in [0.29, 0.717) is 0 Å². The third kappa shape index (κ3) is 3.54. The van der Waals surface area contributed by atoms with Crippen LogP contribution in [-0.2, 0) is 0 Å². The molecule has 1 heteroatoms. The third-order valence-electron chi connectivity index (χ3n) is 0.983. The van der Waals surface area contributed by atoms with Crippen LogP contribution in [0.2, 0.25) is 0 Å². The smallest absolute Gasteiger partial charge is 0.0510 e. The molecular weight excluding hydrogens is 110 g/mol. The van der Waals surface area contributed by atoms with Gasteiger partial charge in [-0.05, 0) is 20.6 Å². The Balaban J connectivity index is 3.81. The van der Waals surface area contributed by atoms with Crippen LogP contribution in [0.3, 0.4) is 0 Å². The monoisotopic (exact) mass is 121 g/mol. The summed E-state index contributed by atoms with van der Waals surface area (Å²) in [6.07, 6.45) is 2.63. The van der Waals surface area contributed by atoms with Crippen molar-refractivity contribution in [2.45, 2.75) is 20.3 Å². The maximum atomic E-state index is 3.75. The van der Waals surface area contributed by atoms with Gasteiger partial charge in [-0.15, -0.1) is 5.92 Å². The summed E-state index contributed by atoms with van der Waals surface area (Å²) in [6, 6.07) is 0. The van der Waals surface area contributed by atoms with E-state index < -0.39 is 0 Å². The van der Waals surface area contributed by atoms with E-state index in [9.17, 15) is 0 Å². The van der Waals surface area contributed by atoms with Crippen LogP contribution in [-0.4, -0.2) is 6.72 Å². The van der Waals surface area contributed by atoms with Crippen LogP contribution < -0.4 is 0 Å². The Morgan fingerprint density at radius 3 is 2.78 bits per heavy atom. The second-order valence-electron chi connectivity index (χ2n) is 1.54. The Morgan fingerprint density at radius 2 is 2.44 bits per heavy atom. The zero-order valence-corrected chi connectivity index (χ0v) is 5.94. The molecule has 0 atom stereocenters. The van der Waals surface area contributed by atoms with Gasteiger partial charge in [0.15, 0.2) is 0 Å². The molecule has 0 amide bonds. The molecule has 0 N–H and O–H groups in total. The van der Waals surface area contributed by atoms with Gasteiger partial charge in [-0.1, -0.05) is 12.0 Å². The lowest BCUT2D eigenvalue weighted by Crippen LogP contribution is -1.72. The average Bonchev–Trinajstić information content (AvgIpc) is 1.91. The molecule has 0 bridgehead atoms. The van der Waals surface area contributed by atoms with E-state index in [4.69, 9.17) is 0 Å². The van der Waals surface area contributed by atoms with Crippen molar-refractivity contribution in [1.29, 1.82) is 0 Å². The molecule has 0 fully saturated rings. The van der Waals surface area contributed by atoms with Crippen LogP contribution >= 0.6 is 0 Å². The minimum atomic E-state index is 0.719. The van der Waals surface area contributed by atoms with Crippen molar-refractivity contribution in [3.05, 3.63) is 11.8 Å². The van der Waals surface area contributed by atoms with E-state index in [0.717, 1.165) is 12.1 Å². The highest BCUT2D eigenvalue weighted by Gasteiger charge is 1.82. The standard InChI is InChI=1S/C8H11N/c1-4-6-7-8(5-2)9-3/h5H,3,7H2,1-2H3/b8-5+. The summed E-state index contributed by atoms with van der Waals surface area (Å²) in [5.74, 6) is 5.69. The Bertz CT molecular complexity index is 167. The second kappa shape index (κ2) is 5.11. The average molecular weight is 121 g/mol. The summed E-state index contributed by atoms with van der Waals surface area (Å²) in [6.45, 7) is 7.15. The lowest BCUT2D eigenvalue weighted by molar-refractivity contribution is 1.19. The molecule has 0 aliphatic heterocycles. The van der Waals surface area contributed by atoms with Gasteiger partial charge in [0.25, 0.3) is 0 Å². The fourth-order valence-corrected chi connectivity index (χ4v) is 0.428. The van der Waals surface area contributed by atoms with E-state index in [-0.39, 0.29) is 0 Å². The number of hydrogen-bond donors (Lipinski definition) is 0. The highest BCUT2D eigenvalue weighted by molar-refractivity contribution is 5.30. The summed E-state index contributed by atoms with van der Waals surface area (Å²) in [5.41, 5.74) is 0.948. The minimum absolute atomic E-state index is 0.719. The summed E-state index contributed by atoms with van der Waals surface area (Å²) in [5, 5.41) is 0. The first-order valence-electron chi connectivity index (χ1n) is 2.86. The summed E-state index contributed by atoms with van der Waals surface area (Å²) in [7, 11) is 0. The molecule has 0 aliphatic rings. The maximum Gasteiger partial charge on any atom is 0.0510 e. The quantitative estimate of drug-likeness (QED) is 0.391. The maximum absolute atomic E-state index is 3.75. The van der Waals surface area contributed by atoms with Gasteiger partial charge in [-0.25, -0.2) is 0 Å². The van der Waals surface area contributed by atoms with Gasteiger partial charge >= 0.3 is 0 Å². The van der Waals surface area contributed by atoms with Crippen molar-refractivity contribution >= 4 is 6.72 Å². The molecule has 0 saturated heterocycles. The third-order valence-corrected chi connectivity index (χ3v) is 0.983. The van der Waals surface area contributed by atoms with Gasteiger partial charge in [0.2, 0.25) is 0 Å².